The largest absolute Gasteiger partial charge is 0.378 e. The maximum absolute atomic E-state index is 14.4. The number of piperazine rings is 1. The minimum Gasteiger partial charge on any atom is -0.378 e. The Kier molecular flexibility index (Phi) is 7.02. The van der Waals surface area contributed by atoms with E-state index in [2.05, 4.69) is 4.72 Å². The van der Waals surface area contributed by atoms with Gasteiger partial charge >= 0.3 is 0 Å². The maximum Gasteiger partial charge on any atom is 0.256 e. The average Bonchev–Trinajstić information content (AvgIpc) is 2.88. The van der Waals surface area contributed by atoms with E-state index in [9.17, 15) is 17.6 Å². The number of benzene rings is 2. The molecule has 11 heteroatoms. The summed E-state index contributed by atoms with van der Waals surface area (Å²) >= 11 is 0. The Balaban J connectivity index is 1.57. The fraction of sp³-hybridized carbons (Fsp3) is 0.391. The van der Waals surface area contributed by atoms with Crippen LogP contribution in [0.25, 0.3) is 0 Å². The summed E-state index contributed by atoms with van der Waals surface area (Å²) in [6.07, 6.45) is 0. The monoisotopic (exact) mass is 487 g/mol. The summed E-state index contributed by atoms with van der Waals surface area (Å²) in [5.41, 5.74) is 1.63. The highest BCUT2D eigenvalue weighted by atomic mass is 32.2. The Morgan fingerprint density at radius 3 is 2.26 bits per heavy atom. The summed E-state index contributed by atoms with van der Waals surface area (Å²) < 4.78 is 46.9. The lowest BCUT2D eigenvalue weighted by Crippen LogP contribution is -2.49. The van der Waals surface area contributed by atoms with Gasteiger partial charge in [0.2, 0.25) is 10.0 Å². The normalized spacial score (nSPS) is 16.9. The van der Waals surface area contributed by atoms with E-state index in [0.29, 0.717) is 69.4 Å². The second kappa shape index (κ2) is 9.97. The average molecular weight is 488 g/mol. The van der Waals surface area contributed by atoms with Gasteiger partial charge in [-0.25, -0.2) is 17.5 Å². The molecule has 2 heterocycles. The van der Waals surface area contributed by atoms with Crippen molar-refractivity contribution in [3.63, 3.8) is 0 Å². The topological polar surface area (TPSA) is 106 Å². The number of morpholine rings is 1. The van der Waals surface area contributed by atoms with Crippen LogP contribution in [0.15, 0.2) is 41.3 Å². The number of nitrogens with zero attached hydrogens (tertiary/aromatic N) is 4. The fourth-order valence-corrected chi connectivity index (χ4v) is 4.96. The van der Waals surface area contributed by atoms with Gasteiger partial charge in [0.25, 0.3) is 5.91 Å². The minimum atomic E-state index is -3.72. The molecule has 2 aliphatic heterocycles. The van der Waals surface area contributed by atoms with E-state index in [0.717, 1.165) is 0 Å². The third-order valence-corrected chi connectivity index (χ3v) is 7.53. The molecule has 1 amide bonds. The van der Waals surface area contributed by atoms with Gasteiger partial charge in [0, 0.05) is 45.0 Å². The first-order valence-corrected chi connectivity index (χ1v) is 12.5. The lowest BCUT2D eigenvalue weighted by atomic mass is 10.1. The first-order chi connectivity index (χ1) is 16.3. The zero-order chi connectivity index (χ0) is 24.3. The van der Waals surface area contributed by atoms with Crippen LogP contribution < -0.4 is 14.5 Å². The van der Waals surface area contributed by atoms with Crippen molar-refractivity contribution in [2.24, 2.45) is 0 Å². The summed E-state index contributed by atoms with van der Waals surface area (Å²) in [5.74, 6) is -0.743. The van der Waals surface area contributed by atoms with Crippen LogP contribution in [-0.2, 0) is 14.8 Å². The van der Waals surface area contributed by atoms with Crippen LogP contribution >= 0.6 is 0 Å². The molecule has 2 saturated heterocycles. The standard InChI is InChI=1S/C23H26FN5O4S/c1-26-34(31,32)18-3-5-21(28-10-12-33-13-11-28)19(15-18)23(30)29-8-6-27(7-9-29)22-4-2-17(16-25)14-20(22)24/h2-5,14-15,26H,6-13H2,1H3. The number of anilines is 2. The second-order valence-electron chi connectivity index (χ2n) is 8.04. The molecular formula is C23H26FN5O4S. The van der Waals surface area contributed by atoms with Gasteiger partial charge in [-0.3, -0.25) is 4.79 Å². The third-order valence-electron chi connectivity index (χ3n) is 6.11. The van der Waals surface area contributed by atoms with Gasteiger partial charge < -0.3 is 19.4 Å². The quantitative estimate of drug-likeness (QED) is 0.680. The molecule has 0 aliphatic carbocycles. The van der Waals surface area contributed by atoms with Gasteiger partial charge in [0.05, 0.1) is 41.0 Å². The van der Waals surface area contributed by atoms with E-state index >= 15 is 0 Å². The SMILES string of the molecule is CNS(=O)(=O)c1ccc(N2CCOCC2)c(C(=O)N2CCN(c3ccc(C#N)cc3F)CC2)c1. The van der Waals surface area contributed by atoms with Crippen LogP contribution in [0.4, 0.5) is 15.8 Å². The highest BCUT2D eigenvalue weighted by Crippen LogP contribution is 2.28. The Labute approximate surface area is 198 Å². The Morgan fingerprint density at radius 2 is 1.65 bits per heavy atom. The van der Waals surface area contributed by atoms with E-state index in [1.54, 1.807) is 23.1 Å². The van der Waals surface area contributed by atoms with Crippen LogP contribution in [0.5, 0.6) is 0 Å². The number of nitrogens with one attached hydrogen (secondary N) is 1. The smallest absolute Gasteiger partial charge is 0.256 e. The third kappa shape index (κ3) is 4.84. The number of amides is 1. The zero-order valence-electron chi connectivity index (χ0n) is 18.8. The van der Waals surface area contributed by atoms with Crippen molar-refractivity contribution < 1.29 is 22.3 Å². The van der Waals surface area contributed by atoms with Gasteiger partial charge in [-0.2, -0.15) is 5.26 Å². The zero-order valence-corrected chi connectivity index (χ0v) is 19.6. The van der Waals surface area contributed by atoms with E-state index < -0.39 is 15.8 Å². The highest BCUT2D eigenvalue weighted by Gasteiger charge is 2.28. The molecule has 2 aliphatic rings. The van der Waals surface area contributed by atoms with Gasteiger partial charge in [-0.1, -0.05) is 0 Å². The lowest BCUT2D eigenvalue weighted by molar-refractivity contribution is 0.0745. The van der Waals surface area contributed by atoms with Crippen LogP contribution in [0.3, 0.4) is 0 Å². The van der Waals surface area contributed by atoms with Crippen molar-refractivity contribution in [2.45, 2.75) is 4.90 Å². The Bertz CT molecular complexity index is 1220. The molecule has 0 bridgehead atoms. The molecule has 9 nitrogen and oxygen atoms in total. The summed E-state index contributed by atoms with van der Waals surface area (Å²) in [4.78, 5) is 19.1. The molecule has 0 unspecified atom stereocenters. The molecule has 1 N–H and O–H groups in total. The minimum absolute atomic E-state index is 0.0219. The number of hydrogen-bond acceptors (Lipinski definition) is 7. The van der Waals surface area contributed by atoms with E-state index in [4.69, 9.17) is 10.00 Å². The van der Waals surface area contributed by atoms with Crippen LogP contribution in [-0.4, -0.2) is 78.8 Å². The number of nitriles is 1. The van der Waals surface area contributed by atoms with E-state index in [-0.39, 0.29) is 16.4 Å². The lowest BCUT2D eigenvalue weighted by Gasteiger charge is -2.37. The van der Waals surface area contributed by atoms with Crippen LogP contribution in [0.2, 0.25) is 0 Å². The van der Waals surface area contributed by atoms with Gasteiger partial charge in [-0.05, 0) is 43.4 Å². The molecular weight excluding hydrogens is 461 g/mol. The predicted octanol–water partition coefficient (Wildman–Crippen LogP) is 1.40. The molecule has 0 atom stereocenters. The van der Waals surface area contributed by atoms with E-state index in [1.165, 1.54) is 25.2 Å². The number of carbonyl (C=O) groups excluding carboxylic acids is 1. The summed E-state index contributed by atoms with van der Waals surface area (Å²) in [6, 6.07) is 10.9. The van der Waals surface area contributed by atoms with Crippen molar-refractivity contribution in [2.75, 3.05) is 69.3 Å². The maximum atomic E-state index is 14.4. The Morgan fingerprint density at radius 1 is 1.00 bits per heavy atom. The van der Waals surface area contributed by atoms with Gasteiger partial charge in [-0.15, -0.1) is 0 Å². The molecule has 2 fully saturated rings. The van der Waals surface area contributed by atoms with Crippen LogP contribution in [0.1, 0.15) is 15.9 Å². The van der Waals surface area contributed by atoms with Gasteiger partial charge in [0.1, 0.15) is 5.82 Å². The molecule has 2 aromatic rings. The summed E-state index contributed by atoms with van der Waals surface area (Å²) in [5, 5.41) is 8.94. The molecule has 0 radical (unpaired) electrons. The van der Waals surface area contributed by atoms with Crippen molar-refractivity contribution >= 4 is 27.3 Å². The highest BCUT2D eigenvalue weighted by molar-refractivity contribution is 7.89. The molecule has 180 valence electrons. The number of rotatable bonds is 5. The first-order valence-electron chi connectivity index (χ1n) is 11.0. The summed E-state index contributed by atoms with van der Waals surface area (Å²) in [7, 11) is -2.40. The fourth-order valence-electron chi connectivity index (χ4n) is 4.21. The molecule has 2 aromatic carbocycles. The number of carbonyl (C=O) groups is 1. The number of ether oxygens (including phenoxy) is 1. The molecule has 34 heavy (non-hydrogen) atoms. The number of sulfonamides is 1. The summed E-state index contributed by atoms with van der Waals surface area (Å²) in [6.45, 7) is 3.78. The van der Waals surface area contributed by atoms with Crippen molar-refractivity contribution in [1.29, 1.82) is 5.26 Å². The molecule has 0 aromatic heterocycles. The van der Waals surface area contributed by atoms with Gasteiger partial charge in [0.15, 0.2) is 0 Å². The van der Waals surface area contributed by atoms with Crippen molar-refractivity contribution in [3.05, 3.63) is 53.3 Å². The Hall–Kier alpha value is -3.20. The molecule has 0 saturated carbocycles. The van der Waals surface area contributed by atoms with Crippen molar-refractivity contribution in [3.8, 4) is 6.07 Å². The first kappa shape index (κ1) is 23.9. The molecule has 0 spiro atoms. The van der Waals surface area contributed by atoms with E-state index in [1.807, 2.05) is 15.9 Å². The number of hydrogen-bond donors (Lipinski definition) is 1. The second-order valence-corrected chi connectivity index (χ2v) is 9.93. The predicted molar refractivity (Wildman–Crippen MR) is 125 cm³/mol. The van der Waals surface area contributed by atoms with Crippen molar-refractivity contribution in [1.82, 2.24) is 9.62 Å². The number of halogens is 1. The molecule has 4 rings (SSSR count). The van der Waals surface area contributed by atoms with Crippen LogP contribution in [0, 0.1) is 17.1 Å².